The fourth-order valence-electron chi connectivity index (χ4n) is 4.29. The van der Waals surface area contributed by atoms with Gasteiger partial charge < -0.3 is 0 Å². The third-order valence-electron chi connectivity index (χ3n) is 6.23. The molecule has 0 radical (unpaired) electrons. The Morgan fingerprint density at radius 2 is 0.730 bits per heavy atom. The summed E-state index contributed by atoms with van der Waals surface area (Å²) in [6.07, 6.45) is 0. The predicted molar refractivity (Wildman–Crippen MR) is 147 cm³/mol. The van der Waals surface area contributed by atoms with Crippen LogP contribution in [0.5, 0.6) is 0 Å². The van der Waals surface area contributed by atoms with E-state index in [2.05, 4.69) is 46.4 Å². The second-order valence-corrected chi connectivity index (χ2v) is 8.68. The molecule has 37 heavy (non-hydrogen) atoms. The van der Waals surface area contributed by atoms with Crippen LogP contribution in [0.3, 0.4) is 0 Å². The lowest BCUT2D eigenvalue weighted by Gasteiger charge is -2.11. The van der Waals surface area contributed by atoms with Crippen LogP contribution >= 0.6 is 0 Å². The average molecular weight is 480 g/mol. The van der Waals surface area contributed by atoms with Crippen molar-refractivity contribution < 1.29 is 4.39 Å². The summed E-state index contributed by atoms with van der Waals surface area (Å²) in [5.41, 5.74) is 6.18. The lowest BCUT2D eigenvalue weighted by Crippen LogP contribution is -2.01. The number of benzene rings is 5. The molecule has 0 atom stereocenters. The Kier molecular flexibility index (Phi) is 6.05. The highest BCUT2D eigenvalue weighted by Crippen LogP contribution is 2.31. The van der Waals surface area contributed by atoms with E-state index in [-0.39, 0.29) is 5.82 Å². The Labute approximate surface area is 215 Å². The van der Waals surface area contributed by atoms with Crippen molar-refractivity contribution in [3.8, 4) is 56.4 Å². The normalized spacial score (nSPS) is 10.8. The first kappa shape index (κ1) is 22.5. The number of aromatic nitrogens is 3. The first-order chi connectivity index (χ1) is 18.2. The van der Waals surface area contributed by atoms with E-state index in [0.717, 1.165) is 33.4 Å². The van der Waals surface area contributed by atoms with Crippen molar-refractivity contribution in [3.63, 3.8) is 0 Å². The summed E-state index contributed by atoms with van der Waals surface area (Å²) in [5, 5.41) is 0. The number of nitrogens with zero attached hydrogens (tertiary/aromatic N) is 3. The summed E-state index contributed by atoms with van der Waals surface area (Å²) in [6.45, 7) is 0. The molecule has 0 N–H and O–H groups in total. The molecule has 0 saturated carbocycles. The van der Waals surface area contributed by atoms with Crippen molar-refractivity contribution >= 4 is 0 Å². The molecule has 0 saturated heterocycles. The molecule has 0 amide bonds. The molecule has 4 heteroatoms. The van der Waals surface area contributed by atoms with Crippen LogP contribution < -0.4 is 0 Å². The van der Waals surface area contributed by atoms with Crippen LogP contribution in [0.15, 0.2) is 133 Å². The van der Waals surface area contributed by atoms with E-state index in [1.54, 1.807) is 6.07 Å². The third kappa shape index (κ3) is 4.78. The van der Waals surface area contributed by atoms with E-state index in [9.17, 15) is 0 Å². The Bertz CT molecular complexity index is 1590. The topological polar surface area (TPSA) is 38.7 Å². The minimum Gasteiger partial charge on any atom is -0.208 e. The maximum absolute atomic E-state index is 15.2. The Morgan fingerprint density at radius 3 is 1.24 bits per heavy atom. The van der Waals surface area contributed by atoms with Gasteiger partial charge in [-0.3, -0.25) is 0 Å². The summed E-state index contributed by atoms with van der Waals surface area (Å²) in [6, 6.07) is 42.9. The molecule has 5 aromatic carbocycles. The van der Waals surface area contributed by atoms with Gasteiger partial charge in [0, 0.05) is 11.1 Å². The molecule has 0 aliphatic carbocycles. The van der Waals surface area contributed by atoms with Crippen LogP contribution in [0.4, 0.5) is 4.39 Å². The summed E-state index contributed by atoms with van der Waals surface area (Å²) < 4.78 is 15.2. The van der Waals surface area contributed by atoms with Crippen molar-refractivity contribution in [1.82, 2.24) is 15.0 Å². The second-order valence-electron chi connectivity index (χ2n) is 8.68. The highest BCUT2D eigenvalue weighted by molar-refractivity contribution is 5.75. The van der Waals surface area contributed by atoms with E-state index in [1.807, 2.05) is 84.9 Å². The predicted octanol–water partition coefficient (Wildman–Crippen LogP) is 8.35. The first-order valence-electron chi connectivity index (χ1n) is 12.1. The molecule has 0 aliphatic rings. The zero-order chi connectivity index (χ0) is 25.0. The first-order valence-corrected chi connectivity index (χ1v) is 12.1. The quantitative estimate of drug-likeness (QED) is 0.249. The van der Waals surface area contributed by atoms with E-state index in [4.69, 9.17) is 4.98 Å². The van der Waals surface area contributed by atoms with Gasteiger partial charge in [-0.1, -0.05) is 121 Å². The minimum absolute atomic E-state index is 0.299. The fourth-order valence-corrected chi connectivity index (χ4v) is 4.29. The van der Waals surface area contributed by atoms with Gasteiger partial charge in [0.15, 0.2) is 17.5 Å². The van der Waals surface area contributed by atoms with Gasteiger partial charge in [-0.15, -0.1) is 0 Å². The van der Waals surface area contributed by atoms with E-state index < -0.39 is 0 Å². The Balaban J connectivity index is 1.44. The summed E-state index contributed by atoms with van der Waals surface area (Å²) in [4.78, 5) is 14.1. The molecule has 0 spiro atoms. The van der Waals surface area contributed by atoms with Gasteiger partial charge in [-0.25, -0.2) is 19.3 Å². The zero-order valence-corrected chi connectivity index (χ0v) is 19.9. The molecule has 3 nitrogen and oxygen atoms in total. The number of hydrogen-bond donors (Lipinski definition) is 0. The molecule has 6 aromatic rings. The smallest absolute Gasteiger partial charge is 0.167 e. The van der Waals surface area contributed by atoms with Gasteiger partial charge in [-0.05, 0) is 34.4 Å². The highest BCUT2D eigenvalue weighted by Gasteiger charge is 2.16. The molecule has 0 unspecified atom stereocenters. The van der Waals surface area contributed by atoms with E-state index in [0.29, 0.717) is 23.0 Å². The fraction of sp³-hybridized carbons (Fsp3) is 0. The van der Waals surface area contributed by atoms with Gasteiger partial charge in [0.05, 0.1) is 5.56 Å². The highest BCUT2D eigenvalue weighted by atomic mass is 19.1. The summed E-state index contributed by atoms with van der Waals surface area (Å²) >= 11 is 0. The Morgan fingerprint density at radius 1 is 0.351 bits per heavy atom. The minimum atomic E-state index is -0.381. The van der Waals surface area contributed by atoms with Gasteiger partial charge in [0.1, 0.15) is 5.82 Å². The standard InChI is InChI=1S/C33H22FN3/c34-30-21-20-28(25-18-16-24(17-19-25)23-10-4-1-5-11-23)22-29(30)33-36-31(26-12-6-2-7-13-26)35-32(37-33)27-14-8-3-9-15-27/h1-22H. The van der Waals surface area contributed by atoms with Crippen LogP contribution in [-0.4, -0.2) is 15.0 Å². The monoisotopic (exact) mass is 479 g/mol. The van der Waals surface area contributed by atoms with E-state index >= 15 is 4.39 Å². The van der Waals surface area contributed by atoms with Crippen LogP contribution in [0.1, 0.15) is 0 Å². The van der Waals surface area contributed by atoms with Crippen molar-refractivity contribution in [2.75, 3.05) is 0 Å². The summed E-state index contributed by atoms with van der Waals surface area (Å²) in [7, 11) is 0. The van der Waals surface area contributed by atoms with E-state index in [1.165, 1.54) is 6.07 Å². The molecule has 6 rings (SSSR count). The van der Waals surface area contributed by atoms with Gasteiger partial charge in [0.25, 0.3) is 0 Å². The molecule has 0 bridgehead atoms. The van der Waals surface area contributed by atoms with Gasteiger partial charge in [0.2, 0.25) is 0 Å². The van der Waals surface area contributed by atoms with Gasteiger partial charge >= 0.3 is 0 Å². The lowest BCUT2D eigenvalue weighted by atomic mass is 9.99. The second kappa shape index (κ2) is 9.96. The molecular weight excluding hydrogens is 457 g/mol. The Hall–Kier alpha value is -4.96. The molecular formula is C33H22FN3. The molecule has 1 aromatic heterocycles. The average Bonchev–Trinajstić information content (AvgIpc) is 2.99. The third-order valence-corrected chi connectivity index (χ3v) is 6.23. The summed E-state index contributed by atoms with van der Waals surface area (Å²) in [5.74, 6) is 0.921. The van der Waals surface area contributed by atoms with Crippen molar-refractivity contribution in [1.29, 1.82) is 0 Å². The van der Waals surface area contributed by atoms with Crippen LogP contribution in [0.2, 0.25) is 0 Å². The maximum atomic E-state index is 15.2. The van der Waals surface area contributed by atoms with Crippen molar-refractivity contribution in [3.05, 3.63) is 139 Å². The zero-order valence-electron chi connectivity index (χ0n) is 19.9. The SMILES string of the molecule is Fc1ccc(-c2ccc(-c3ccccc3)cc2)cc1-c1nc(-c2ccccc2)nc(-c2ccccc2)n1. The number of rotatable bonds is 5. The lowest BCUT2D eigenvalue weighted by molar-refractivity contribution is 0.630. The van der Waals surface area contributed by atoms with Crippen LogP contribution in [0.25, 0.3) is 56.4 Å². The van der Waals surface area contributed by atoms with Crippen LogP contribution in [0, 0.1) is 5.82 Å². The number of hydrogen-bond acceptors (Lipinski definition) is 3. The number of halogens is 1. The van der Waals surface area contributed by atoms with Crippen molar-refractivity contribution in [2.45, 2.75) is 0 Å². The molecule has 0 fully saturated rings. The molecule has 176 valence electrons. The molecule has 1 heterocycles. The van der Waals surface area contributed by atoms with Crippen LogP contribution in [-0.2, 0) is 0 Å². The largest absolute Gasteiger partial charge is 0.208 e. The molecule has 0 aliphatic heterocycles. The maximum Gasteiger partial charge on any atom is 0.167 e. The van der Waals surface area contributed by atoms with Gasteiger partial charge in [-0.2, -0.15) is 0 Å². The van der Waals surface area contributed by atoms with Crippen molar-refractivity contribution in [2.24, 2.45) is 0 Å².